The molecule has 0 saturated heterocycles. The monoisotopic (exact) mass is 492 g/mol. The van der Waals surface area contributed by atoms with Crippen molar-refractivity contribution >= 4 is 56.2 Å². The van der Waals surface area contributed by atoms with Gasteiger partial charge in [-0.05, 0) is 66.8 Å². The number of rotatable bonds is 7. The fourth-order valence-electron chi connectivity index (χ4n) is 2.97. The molecule has 32 heavy (non-hydrogen) atoms. The summed E-state index contributed by atoms with van der Waals surface area (Å²) in [6, 6.07) is 13.0. The van der Waals surface area contributed by atoms with Crippen LogP contribution in [0.15, 0.2) is 58.8 Å². The second-order valence-corrected chi connectivity index (χ2v) is 10.1. The van der Waals surface area contributed by atoms with Gasteiger partial charge in [0.2, 0.25) is 5.91 Å². The summed E-state index contributed by atoms with van der Waals surface area (Å²) >= 11 is 6.90. The third-order valence-electron chi connectivity index (χ3n) is 4.64. The van der Waals surface area contributed by atoms with Crippen molar-refractivity contribution in [1.82, 2.24) is 0 Å². The lowest BCUT2D eigenvalue weighted by Gasteiger charge is -2.24. The highest BCUT2D eigenvalue weighted by Gasteiger charge is 2.32. The van der Waals surface area contributed by atoms with E-state index in [0.29, 0.717) is 10.7 Å². The number of thiophene rings is 1. The lowest BCUT2D eigenvalue weighted by molar-refractivity contribution is -0.114. The van der Waals surface area contributed by atoms with Crippen LogP contribution < -0.4 is 9.62 Å². The van der Waals surface area contributed by atoms with E-state index in [0.717, 1.165) is 26.8 Å². The third kappa shape index (κ3) is 5.12. The Bertz CT molecular complexity index is 1250. The molecule has 0 radical (unpaired) electrons. The van der Waals surface area contributed by atoms with Crippen molar-refractivity contribution in [2.75, 3.05) is 23.3 Å². The Hall–Kier alpha value is -2.88. The van der Waals surface area contributed by atoms with E-state index in [1.165, 1.54) is 42.8 Å². The zero-order valence-corrected chi connectivity index (χ0v) is 20.0. The van der Waals surface area contributed by atoms with Crippen molar-refractivity contribution in [3.05, 3.63) is 74.9 Å². The fraction of sp³-hybridized carbons (Fsp3) is 0.182. The van der Waals surface area contributed by atoms with Crippen molar-refractivity contribution in [3.63, 3.8) is 0 Å². The summed E-state index contributed by atoms with van der Waals surface area (Å²) in [5.41, 5.74) is 2.62. The second-order valence-electron chi connectivity index (χ2n) is 6.96. The van der Waals surface area contributed by atoms with Crippen LogP contribution in [-0.4, -0.2) is 33.9 Å². The van der Waals surface area contributed by atoms with Gasteiger partial charge in [-0.3, -0.25) is 9.10 Å². The summed E-state index contributed by atoms with van der Waals surface area (Å²) < 4.78 is 32.7. The van der Waals surface area contributed by atoms with Crippen LogP contribution in [0, 0.1) is 13.8 Å². The Labute approximate surface area is 195 Å². The quantitative estimate of drug-likeness (QED) is 0.485. The number of aryl methyl sites for hydroxylation is 2. The maximum Gasteiger partial charge on any atom is 0.349 e. The zero-order chi connectivity index (χ0) is 23.5. The van der Waals surface area contributed by atoms with Crippen LogP contribution in [0.25, 0.3) is 0 Å². The van der Waals surface area contributed by atoms with E-state index < -0.39 is 28.4 Å². The molecule has 0 spiro atoms. The molecular weight excluding hydrogens is 472 g/mol. The van der Waals surface area contributed by atoms with Gasteiger partial charge in [-0.1, -0.05) is 23.7 Å². The molecule has 168 valence electrons. The summed E-state index contributed by atoms with van der Waals surface area (Å²) in [4.78, 5) is 24.7. The van der Waals surface area contributed by atoms with Crippen LogP contribution in [0.2, 0.25) is 5.02 Å². The number of sulfonamides is 1. The maximum atomic E-state index is 13.5. The number of methoxy groups -OCH3 is 1. The highest BCUT2D eigenvalue weighted by atomic mass is 35.5. The molecule has 0 fully saturated rings. The number of halogens is 1. The Kier molecular flexibility index (Phi) is 7.22. The van der Waals surface area contributed by atoms with E-state index >= 15 is 0 Å². The number of carbonyl (C=O) groups excluding carboxylic acids is 2. The van der Waals surface area contributed by atoms with Crippen LogP contribution >= 0.6 is 22.9 Å². The molecule has 0 unspecified atom stereocenters. The predicted octanol–water partition coefficient (Wildman–Crippen LogP) is 4.64. The van der Waals surface area contributed by atoms with Gasteiger partial charge in [0.25, 0.3) is 10.0 Å². The average Bonchev–Trinajstić information content (AvgIpc) is 3.26. The molecule has 7 nitrogen and oxygen atoms in total. The maximum absolute atomic E-state index is 13.5. The molecule has 1 aromatic heterocycles. The van der Waals surface area contributed by atoms with Gasteiger partial charge < -0.3 is 10.1 Å². The largest absolute Gasteiger partial charge is 0.465 e. The number of carbonyl (C=O) groups is 2. The molecule has 1 N–H and O–H groups in total. The molecule has 3 rings (SSSR count). The van der Waals surface area contributed by atoms with Gasteiger partial charge in [0.15, 0.2) is 0 Å². The van der Waals surface area contributed by atoms with Crippen molar-refractivity contribution in [1.29, 1.82) is 0 Å². The number of hydrogen-bond donors (Lipinski definition) is 1. The first-order chi connectivity index (χ1) is 15.1. The van der Waals surface area contributed by atoms with Crippen LogP contribution in [0.3, 0.4) is 0 Å². The lowest BCUT2D eigenvalue weighted by Crippen LogP contribution is -2.38. The minimum absolute atomic E-state index is 0.0681. The number of ether oxygens (including phenoxy) is 1. The number of benzene rings is 2. The van der Waals surface area contributed by atoms with Crippen LogP contribution in [0.1, 0.15) is 20.8 Å². The first-order valence-electron chi connectivity index (χ1n) is 9.44. The van der Waals surface area contributed by atoms with Gasteiger partial charge in [0.1, 0.15) is 16.3 Å². The van der Waals surface area contributed by atoms with Crippen molar-refractivity contribution in [2.24, 2.45) is 0 Å². The van der Waals surface area contributed by atoms with Gasteiger partial charge >= 0.3 is 5.97 Å². The third-order valence-corrected chi connectivity index (χ3v) is 7.73. The molecule has 10 heteroatoms. The molecule has 1 amide bonds. The standard InChI is InChI=1S/C22H21ClN2O5S2/c1-14-4-5-15(2)18(12-14)24-20(26)13-25(17-8-6-16(23)7-9-17)32(28,29)19-10-11-31-21(19)22(27)30-3/h4-12H,13H2,1-3H3,(H,24,26). The molecule has 2 aromatic carbocycles. The summed E-state index contributed by atoms with van der Waals surface area (Å²) in [5.74, 6) is -1.30. The summed E-state index contributed by atoms with van der Waals surface area (Å²) in [6.45, 7) is 3.23. The molecule has 0 bridgehead atoms. The van der Waals surface area contributed by atoms with Gasteiger partial charge in [0, 0.05) is 10.7 Å². The normalized spacial score (nSPS) is 11.1. The van der Waals surface area contributed by atoms with E-state index in [2.05, 4.69) is 5.32 Å². The van der Waals surface area contributed by atoms with E-state index in [4.69, 9.17) is 16.3 Å². The van der Waals surface area contributed by atoms with Crippen molar-refractivity contribution in [2.45, 2.75) is 18.7 Å². The molecular formula is C22H21ClN2O5S2. The number of nitrogens with zero attached hydrogens (tertiary/aromatic N) is 1. The smallest absolute Gasteiger partial charge is 0.349 e. The minimum atomic E-state index is -4.28. The van der Waals surface area contributed by atoms with E-state index in [9.17, 15) is 18.0 Å². The van der Waals surface area contributed by atoms with Gasteiger partial charge in [0.05, 0.1) is 12.8 Å². The second kappa shape index (κ2) is 9.72. The molecule has 0 aliphatic heterocycles. The van der Waals surface area contributed by atoms with Crippen molar-refractivity contribution < 1.29 is 22.7 Å². The van der Waals surface area contributed by atoms with E-state index in [1.807, 2.05) is 32.0 Å². The topological polar surface area (TPSA) is 92.8 Å². The summed E-state index contributed by atoms with van der Waals surface area (Å²) in [6.07, 6.45) is 0. The number of amides is 1. The Morgan fingerprint density at radius 3 is 2.44 bits per heavy atom. The number of hydrogen-bond acceptors (Lipinski definition) is 6. The van der Waals surface area contributed by atoms with Crippen LogP contribution in [0.4, 0.5) is 11.4 Å². The highest BCUT2D eigenvalue weighted by Crippen LogP contribution is 2.30. The zero-order valence-electron chi connectivity index (χ0n) is 17.6. The molecule has 1 heterocycles. The molecule has 0 saturated carbocycles. The van der Waals surface area contributed by atoms with Gasteiger partial charge in [-0.25, -0.2) is 13.2 Å². The Morgan fingerprint density at radius 1 is 1.09 bits per heavy atom. The summed E-state index contributed by atoms with van der Waals surface area (Å²) in [5, 5.41) is 4.66. The number of nitrogens with one attached hydrogen (secondary N) is 1. The molecule has 0 aliphatic rings. The van der Waals surface area contributed by atoms with E-state index in [-0.39, 0.29) is 15.5 Å². The number of esters is 1. The Balaban J connectivity index is 2.00. The summed E-state index contributed by atoms with van der Waals surface area (Å²) in [7, 11) is -3.10. The lowest BCUT2D eigenvalue weighted by atomic mass is 10.1. The number of anilines is 2. The molecule has 0 aliphatic carbocycles. The average molecular weight is 493 g/mol. The van der Waals surface area contributed by atoms with Crippen LogP contribution in [0.5, 0.6) is 0 Å². The highest BCUT2D eigenvalue weighted by molar-refractivity contribution is 7.93. The molecule has 0 atom stereocenters. The predicted molar refractivity (Wildman–Crippen MR) is 126 cm³/mol. The Morgan fingerprint density at radius 2 is 1.78 bits per heavy atom. The first kappa shape index (κ1) is 23.8. The first-order valence-corrected chi connectivity index (χ1v) is 12.1. The fourth-order valence-corrected chi connectivity index (χ4v) is 5.83. The van der Waals surface area contributed by atoms with Gasteiger partial charge in [-0.2, -0.15) is 0 Å². The van der Waals surface area contributed by atoms with Gasteiger partial charge in [-0.15, -0.1) is 11.3 Å². The molecule has 3 aromatic rings. The minimum Gasteiger partial charge on any atom is -0.465 e. The SMILES string of the molecule is COC(=O)c1sccc1S(=O)(=O)N(CC(=O)Nc1cc(C)ccc1C)c1ccc(Cl)cc1. The van der Waals surface area contributed by atoms with E-state index in [1.54, 1.807) is 0 Å². The van der Waals surface area contributed by atoms with Crippen molar-refractivity contribution in [3.8, 4) is 0 Å². The van der Waals surface area contributed by atoms with Crippen LogP contribution in [-0.2, 0) is 19.6 Å².